The number of halogens is 2. The molecule has 2 heterocycles. The zero-order valence-electron chi connectivity index (χ0n) is 17.5. The predicted molar refractivity (Wildman–Crippen MR) is 125 cm³/mol. The van der Waals surface area contributed by atoms with Crippen molar-refractivity contribution >= 4 is 28.2 Å². The highest BCUT2D eigenvalue weighted by atomic mass is 35.5. The standard InChI is InChI=1S/C25H22ClFN4O/c26-18-4-3-5-21(16-18)30-14-12-29(13-15-30)17-24-28-23-7-2-1-6-22(23)25(32)31(24)20-10-8-19(27)9-11-20/h1-11,16H,12-15,17H2/p+1. The van der Waals surface area contributed by atoms with E-state index in [1.165, 1.54) is 17.0 Å². The Kier molecular flexibility index (Phi) is 5.64. The van der Waals surface area contributed by atoms with Crippen LogP contribution in [0.2, 0.25) is 5.02 Å². The van der Waals surface area contributed by atoms with Crippen LogP contribution < -0.4 is 15.4 Å². The van der Waals surface area contributed by atoms with E-state index in [9.17, 15) is 9.18 Å². The van der Waals surface area contributed by atoms with Crippen molar-refractivity contribution in [2.45, 2.75) is 6.54 Å². The van der Waals surface area contributed by atoms with Gasteiger partial charge in [0.15, 0.2) is 5.82 Å². The maximum absolute atomic E-state index is 13.5. The molecule has 0 saturated carbocycles. The molecule has 0 bridgehead atoms. The van der Waals surface area contributed by atoms with E-state index in [2.05, 4.69) is 11.0 Å². The summed E-state index contributed by atoms with van der Waals surface area (Å²) in [5.74, 6) is 0.353. The average Bonchev–Trinajstić information content (AvgIpc) is 2.81. The number of para-hydroxylation sites is 1. The minimum atomic E-state index is -0.333. The molecule has 0 unspecified atom stereocenters. The quantitative estimate of drug-likeness (QED) is 0.520. The van der Waals surface area contributed by atoms with Crippen LogP contribution in [0.25, 0.3) is 16.6 Å². The van der Waals surface area contributed by atoms with Crippen LogP contribution in [0.5, 0.6) is 0 Å². The Morgan fingerprint density at radius 3 is 2.44 bits per heavy atom. The Morgan fingerprint density at radius 1 is 0.938 bits per heavy atom. The first kappa shape index (κ1) is 20.7. The van der Waals surface area contributed by atoms with Crippen molar-refractivity contribution in [3.05, 3.63) is 99.8 Å². The summed E-state index contributed by atoms with van der Waals surface area (Å²) in [7, 11) is 0. The van der Waals surface area contributed by atoms with Crippen molar-refractivity contribution in [3.63, 3.8) is 0 Å². The first-order chi connectivity index (χ1) is 15.6. The van der Waals surface area contributed by atoms with E-state index < -0.39 is 0 Å². The van der Waals surface area contributed by atoms with Crippen LogP contribution in [0.15, 0.2) is 77.6 Å². The molecule has 5 rings (SSSR count). The van der Waals surface area contributed by atoms with Gasteiger partial charge in [0.1, 0.15) is 12.4 Å². The lowest BCUT2D eigenvalue weighted by molar-refractivity contribution is -0.915. The van der Waals surface area contributed by atoms with Gasteiger partial charge in [0.2, 0.25) is 0 Å². The van der Waals surface area contributed by atoms with E-state index in [1.807, 2.05) is 36.4 Å². The summed E-state index contributed by atoms with van der Waals surface area (Å²) in [5, 5.41) is 1.29. The summed E-state index contributed by atoms with van der Waals surface area (Å²) in [4.78, 5) is 21.9. The lowest BCUT2D eigenvalue weighted by Gasteiger charge is -2.33. The number of anilines is 1. The van der Waals surface area contributed by atoms with Crippen molar-refractivity contribution in [3.8, 4) is 5.69 Å². The molecule has 0 aliphatic carbocycles. The zero-order chi connectivity index (χ0) is 22.1. The molecule has 3 aromatic carbocycles. The van der Waals surface area contributed by atoms with Crippen molar-refractivity contribution in [1.29, 1.82) is 0 Å². The first-order valence-corrected chi connectivity index (χ1v) is 11.1. The molecule has 162 valence electrons. The summed E-state index contributed by atoms with van der Waals surface area (Å²) in [5.41, 5.74) is 2.31. The fraction of sp³-hybridized carbons (Fsp3) is 0.200. The monoisotopic (exact) mass is 449 g/mol. The molecule has 7 heteroatoms. The number of hydrogen-bond acceptors (Lipinski definition) is 3. The third-order valence-corrected chi connectivity index (χ3v) is 6.22. The van der Waals surface area contributed by atoms with Gasteiger partial charge in [-0.2, -0.15) is 0 Å². The summed E-state index contributed by atoms with van der Waals surface area (Å²) < 4.78 is 15.1. The number of rotatable bonds is 4. The third kappa shape index (κ3) is 4.11. The van der Waals surface area contributed by atoms with Gasteiger partial charge in [-0.15, -0.1) is 0 Å². The summed E-state index contributed by atoms with van der Waals surface area (Å²) in [6.07, 6.45) is 0. The minimum absolute atomic E-state index is 0.130. The average molecular weight is 450 g/mol. The number of quaternary nitrogens is 1. The molecule has 4 aromatic rings. The normalized spacial score (nSPS) is 14.8. The van der Waals surface area contributed by atoms with Crippen molar-refractivity contribution < 1.29 is 9.29 Å². The lowest BCUT2D eigenvalue weighted by Crippen LogP contribution is -3.13. The molecular weight excluding hydrogens is 427 g/mol. The fourth-order valence-electron chi connectivity index (χ4n) is 4.31. The van der Waals surface area contributed by atoms with Gasteiger partial charge >= 0.3 is 0 Å². The fourth-order valence-corrected chi connectivity index (χ4v) is 4.49. The maximum Gasteiger partial charge on any atom is 0.266 e. The second kappa shape index (κ2) is 8.73. The highest BCUT2D eigenvalue weighted by molar-refractivity contribution is 6.30. The van der Waals surface area contributed by atoms with Crippen LogP contribution in [0.1, 0.15) is 5.82 Å². The topological polar surface area (TPSA) is 42.6 Å². The second-order valence-corrected chi connectivity index (χ2v) is 8.49. The number of fused-ring (bicyclic) bond motifs is 1. The van der Waals surface area contributed by atoms with Crippen LogP contribution in [0.3, 0.4) is 0 Å². The van der Waals surface area contributed by atoms with Crippen LogP contribution in [0.4, 0.5) is 10.1 Å². The molecule has 1 N–H and O–H groups in total. The van der Waals surface area contributed by atoms with Gasteiger partial charge in [-0.3, -0.25) is 9.36 Å². The van der Waals surface area contributed by atoms with Crippen molar-refractivity contribution in [1.82, 2.24) is 9.55 Å². The van der Waals surface area contributed by atoms with E-state index in [1.54, 1.807) is 22.8 Å². The summed E-state index contributed by atoms with van der Waals surface area (Å²) in [6.45, 7) is 4.23. The smallest absolute Gasteiger partial charge is 0.266 e. The van der Waals surface area contributed by atoms with Gasteiger partial charge in [-0.05, 0) is 54.6 Å². The van der Waals surface area contributed by atoms with Gasteiger partial charge in [-0.1, -0.05) is 29.8 Å². The van der Waals surface area contributed by atoms with E-state index in [4.69, 9.17) is 16.6 Å². The molecule has 0 radical (unpaired) electrons. The Labute approximate surface area is 190 Å². The third-order valence-electron chi connectivity index (χ3n) is 5.98. The minimum Gasteiger partial charge on any atom is -0.360 e. The largest absolute Gasteiger partial charge is 0.360 e. The zero-order valence-corrected chi connectivity index (χ0v) is 18.2. The van der Waals surface area contributed by atoms with E-state index in [0.29, 0.717) is 29.0 Å². The molecule has 5 nitrogen and oxygen atoms in total. The Balaban J connectivity index is 1.44. The number of hydrogen-bond donors (Lipinski definition) is 1. The molecule has 0 spiro atoms. The van der Waals surface area contributed by atoms with Crippen molar-refractivity contribution in [2.75, 3.05) is 31.1 Å². The number of piperazine rings is 1. The highest BCUT2D eigenvalue weighted by Crippen LogP contribution is 2.19. The highest BCUT2D eigenvalue weighted by Gasteiger charge is 2.23. The van der Waals surface area contributed by atoms with Gasteiger partial charge in [0.25, 0.3) is 5.56 Å². The van der Waals surface area contributed by atoms with Crippen molar-refractivity contribution in [2.24, 2.45) is 0 Å². The molecule has 0 amide bonds. The van der Waals surface area contributed by atoms with E-state index in [-0.39, 0.29) is 11.4 Å². The number of nitrogens with one attached hydrogen (secondary N) is 1. The number of nitrogens with zero attached hydrogens (tertiary/aromatic N) is 3. The van der Waals surface area contributed by atoms with Crippen LogP contribution >= 0.6 is 11.6 Å². The molecule has 0 atom stereocenters. The van der Waals surface area contributed by atoms with Gasteiger partial charge < -0.3 is 9.80 Å². The summed E-state index contributed by atoms with van der Waals surface area (Å²) >= 11 is 6.15. The van der Waals surface area contributed by atoms with Gasteiger partial charge in [0, 0.05) is 10.7 Å². The van der Waals surface area contributed by atoms with E-state index >= 15 is 0 Å². The molecule has 1 aliphatic heterocycles. The first-order valence-electron chi connectivity index (χ1n) is 10.7. The Hall–Kier alpha value is -3.22. The molecule has 1 aromatic heterocycles. The number of benzene rings is 3. The Morgan fingerprint density at radius 2 is 1.69 bits per heavy atom. The van der Waals surface area contributed by atoms with E-state index in [0.717, 1.165) is 36.9 Å². The van der Waals surface area contributed by atoms with Gasteiger partial charge in [-0.25, -0.2) is 9.37 Å². The summed E-state index contributed by atoms with van der Waals surface area (Å²) in [6, 6.07) is 21.3. The molecule has 1 saturated heterocycles. The lowest BCUT2D eigenvalue weighted by atomic mass is 10.2. The maximum atomic E-state index is 13.5. The SMILES string of the molecule is O=c1c2ccccc2nc(C[NH+]2CCN(c3cccc(Cl)c3)CC2)n1-c1ccc(F)cc1. The number of aromatic nitrogens is 2. The molecule has 32 heavy (non-hydrogen) atoms. The van der Waals surface area contributed by atoms with Gasteiger partial charge in [0.05, 0.1) is 42.8 Å². The molecule has 1 aliphatic rings. The molecule has 1 fully saturated rings. The Bertz CT molecular complexity index is 1310. The predicted octanol–water partition coefficient (Wildman–Crippen LogP) is 3.08. The second-order valence-electron chi connectivity index (χ2n) is 8.06. The van der Waals surface area contributed by atoms with Crippen LogP contribution in [-0.2, 0) is 6.54 Å². The van der Waals surface area contributed by atoms with Crippen LogP contribution in [-0.4, -0.2) is 35.7 Å². The van der Waals surface area contributed by atoms with Crippen LogP contribution in [0, 0.1) is 5.82 Å². The molecular formula is C25H23ClFN4O+.